The van der Waals surface area contributed by atoms with Gasteiger partial charge in [-0.1, -0.05) is 0 Å². The van der Waals surface area contributed by atoms with Crippen LogP contribution in [0, 0.1) is 0 Å². The first kappa shape index (κ1) is 10.4. The number of carboxylic acids is 1. The van der Waals surface area contributed by atoms with Crippen molar-refractivity contribution in [1.29, 1.82) is 0 Å². The lowest BCUT2D eigenvalue weighted by atomic mass is 10.3. The molecule has 2 heterocycles. The van der Waals surface area contributed by atoms with Crippen LogP contribution in [-0.2, 0) is 11.3 Å². The highest BCUT2D eigenvalue weighted by Gasteiger charge is 2.16. The van der Waals surface area contributed by atoms with Gasteiger partial charge < -0.3 is 14.9 Å². The lowest BCUT2D eigenvalue weighted by Crippen LogP contribution is -1.97. The monoisotopic (exact) mass is 222 g/mol. The first-order valence-corrected chi connectivity index (χ1v) is 4.55. The van der Waals surface area contributed by atoms with Gasteiger partial charge in [-0.25, -0.2) is 9.78 Å². The number of ether oxygens (including phenoxy) is 1. The molecule has 0 aliphatic heterocycles. The number of aromatic carboxylic acids is 1. The summed E-state index contributed by atoms with van der Waals surface area (Å²) >= 11 is 0. The van der Waals surface area contributed by atoms with Gasteiger partial charge in [0.05, 0.1) is 11.7 Å². The van der Waals surface area contributed by atoms with Gasteiger partial charge >= 0.3 is 5.97 Å². The van der Waals surface area contributed by atoms with Crippen LogP contribution in [0.2, 0.25) is 0 Å². The number of nitrogens with zero attached hydrogens (tertiary/aromatic N) is 2. The second kappa shape index (κ2) is 3.82. The molecule has 0 aromatic carbocycles. The standard InChI is InChI=1S/C10H10N2O4/c1-16-5-8-11-9(10(14)15)7-3-2-6(13)4-12(7)8/h2-4,13H,5H2,1H3,(H,14,15). The van der Waals surface area contributed by atoms with Crippen molar-refractivity contribution in [2.75, 3.05) is 7.11 Å². The second-order valence-electron chi connectivity index (χ2n) is 3.26. The molecule has 2 aromatic rings. The molecule has 2 aromatic heterocycles. The van der Waals surface area contributed by atoms with E-state index in [2.05, 4.69) is 4.98 Å². The summed E-state index contributed by atoms with van der Waals surface area (Å²) in [5.41, 5.74) is 0.379. The Labute approximate surface area is 90.7 Å². The van der Waals surface area contributed by atoms with E-state index in [1.54, 1.807) is 0 Å². The minimum absolute atomic E-state index is 0.0409. The Morgan fingerprint density at radius 1 is 1.56 bits per heavy atom. The van der Waals surface area contributed by atoms with Crippen molar-refractivity contribution in [1.82, 2.24) is 9.38 Å². The van der Waals surface area contributed by atoms with Gasteiger partial charge in [0.2, 0.25) is 0 Å². The van der Waals surface area contributed by atoms with Gasteiger partial charge in [0.15, 0.2) is 5.69 Å². The molecule has 0 bridgehead atoms. The third kappa shape index (κ3) is 1.59. The molecule has 0 aliphatic carbocycles. The van der Waals surface area contributed by atoms with E-state index >= 15 is 0 Å². The number of pyridine rings is 1. The van der Waals surface area contributed by atoms with Crippen LogP contribution in [-0.4, -0.2) is 32.7 Å². The van der Waals surface area contributed by atoms with E-state index in [0.717, 1.165) is 0 Å². The Morgan fingerprint density at radius 2 is 2.31 bits per heavy atom. The van der Waals surface area contributed by atoms with Gasteiger partial charge in [0.25, 0.3) is 0 Å². The Kier molecular flexibility index (Phi) is 2.49. The first-order valence-electron chi connectivity index (χ1n) is 4.55. The third-order valence-electron chi connectivity index (χ3n) is 2.17. The summed E-state index contributed by atoms with van der Waals surface area (Å²) in [4.78, 5) is 14.9. The topological polar surface area (TPSA) is 84.1 Å². The normalized spacial score (nSPS) is 10.8. The number of aromatic nitrogens is 2. The molecule has 2 rings (SSSR count). The summed E-state index contributed by atoms with van der Waals surface area (Å²) in [5.74, 6) is -0.629. The van der Waals surface area contributed by atoms with Gasteiger partial charge in [0.1, 0.15) is 18.2 Å². The summed E-state index contributed by atoms with van der Waals surface area (Å²) in [5, 5.41) is 18.3. The van der Waals surface area contributed by atoms with Crippen LogP contribution in [0.25, 0.3) is 5.52 Å². The quantitative estimate of drug-likeness (QED) is 0.805. The molecule has 0 atom stereocenters. The summed E-state index contributed by atoms with van der Waals surface area (Å²) < 4.78 is 6.41. The molecule has 6 nitrogen and oxygen atoms in total. The summed E-state index contributed by atoms with van der Waals surface area (Å²) in [6, 6.07) is 2.92. The van der Waals surface area contributed by atoms with Crippen molar-refractivity contribution in [2.24, 2.45) is 0 Å². The van der Waals surface area contributed by atoms with Crippen LogP contribution in [0.15, 0.2) is 18.3 Å². The van der Waals surface area contributed by atoms with Crippen molar-refractivity contribution in [3.8, 4) is 5.75 Å². The molecule has 0 fully saturated rings. The molecule has 0 saturated heterocycles. The summed E-state index contributed by atoms with van der Waals surface area (Å²) in [6.45, 7) is 0.178. The van der Waals surface area contributed by atoms with Crippen LogP contribution in [0.4, 0.5) is 0 Å². The van der Waals surface area contributed by atoms with Crippen LogP contribution in [0.1, 0.15) is 16.3 Å². The predicted molar refractivity (Wildman–Crippen MR) is 54.5 cm³/mol. The Hall–Kier alpha value is -2.08. The molecule has 6 heteroatoms. The number of carboxylic acid groups (broad SMARTS) is 1. The van der Waals surface area contributed by atoms with Gasteiger partial charge in [-0.15, -0.1) is 0 Å². The Morgan fingerprint density at radius 3 is 2.94 bits per heavy atom. The minimum atomic E-state index is -1.11. The van der Waals surface area contributed by atoms with Crippen molar-refractivity contribution >= 4 is 11.5 Å². The maximum absolute atomic E-state index is 10.9. The van der Waals surface area contributed by atoms with Gasteiger partial charge in [-0.2, -0.15) is 0 Å². The Bertz CT molecular complexity index is 547. The van der Waals surface area contributed by atoms with E-state index in [1.807, 2.05) is 0 Å². The number of rotatable bonds is 3. The fourth-order valence-corrected chi connectivity index (χ4v) is 1.52. The maximum atomic E-state index is 10.9. The number of methoxy groups -OCH3 is 1. The predicted octanol–water partition coefficient (Wildman–Crippen LogP) is 0.884. The van der Waals surface area contributed by atoms with Crippen LogP contribution in [0.3, 0.4) is 0 Å². The molecule has 0 aliphatic rings. The molecule has 0 spiro atoms. The number of imidazole rings is 1. The van der Waals surface area contributed by atoms with Crippen LogP contribution in [0.5, 0.6) is 5.75 Å². The van der Waals surface area contributed by atoms with Gasteiger partial charge in [0, 0.05) is 7.11 Å². The molecule has 0 unspecified atom stereocenters. The zero-order chi connectivity index (χ0) is 11.7. The SMILES string of the molecule is COCc1nc(C(=O)O)c2ccc(O)cn12. The van der Waals surface area contributed by atoms with Crippen LogP contribution < -0.4 is 0 Å². The van der Waals surface area contributed by atoms with Gasteiger partial charge in [-0.05, 0) is 12.1 Å². The van der Waals surface area contributed by atoms with E-state index in [1.165, 1.54) is 29.8 Å². The lowest BCUT2D eigenvalue weighted by molar-refractivity contribution is 0.0692. The molecule has 2 N–H and O–H groups in total. The number of aromatic hydroxyl groups is 1. The molecule has 84 valence electrons. The van der Waals surface area contributed by atoms with Crippen molar-refractivity contribution in [2.45, 2.75) is 6.61 Å². The molecular weight excluding hydrogens is 212 g/mol. The van der Waals surface area contributed by atoms with Crippen molar-refractivity contribution in [3.63, 3.8) is 0 Å². The smallest absolute Gasteiger partial charge is 0.356 e. The molecule has 16 heavy (non-hydrogen) atoms. The Balaban J connectivity index is 2.71. The summed E-state index contributed by atoms with van der Waals surface area (Å²) in [7, 11) is 1.49. The van der Waals surface area contributed by atoms with E-state index in [4.69, 9.17) is 9.84 Å². The van der Waals surface area contributed by atoms with Crippen molar-refractivity contribution < 1.29 is 19.7 Å². The third-order valence-corrected chi connectivity index (χ3v) is 2.17. The van der Waals surface area contributed by atoms with E-state index in [0.29, 0.717) is 11.3 Å². The summed E-state index contributed by atoms with van der Waals surface area (Å²) in [6.07, 6.45) is 1.41. The highest BCUT2D eigenvalue weighted by molar-refractivity contribution is 5.93. The fraction of sp³-hybridized carbons (Fsp3) is 0.200. The molecule has 0 amide bonds. The minimum Gasteiger partial charge on any atom is -0.506 e. The molecular formula is C10H10N2O4. The number of carbonyl (C=O) groups is 1. The number of hydrogen-bond donors (Lipinski definition) is 2. The van der Waals surface area contributed by atoms with E-state index < -0.39 is 5.97 Å². The first-order chi connectivity index (χ1) is 7.63. The highest BCUT2D eigenvalue weighted by Crippen LogP contribution is 2.18. The van der Waals surface area contributed by atoms with Crippen molar-refractivity contribution in [3.05, 3.63) is 29.8 Å². The van der Waals surface area contributed by atoms with E-state index in [-0.39, 0.29) is 18.1 Å². The zero-order valence-corrected chi connectivity index (χ0v) is 8.54. The zero-order valence-electron chi connectivity index (χ0n) is 8.54. The molecule has 0 radical (unpaired) electrons. The molecule has 0 saturated carbocycles. The van der Waals surface area contributed by atoms with Crippen LogP contribution >= 0.6 is 0 Å². The number of hydrogen-bond acceptors (Lipinski definition) is 4. The number of fused-ring (bicyclic) bond motifs is 1. The lowest BCUT2D eigenvalue weighted by Gasteiger charge is -2.00. The highest BCUT2D eigenvalue weighted by atomic mass is 16.5. The largest absolute Gasteiger partial charge is 0.506 e. The second-order valence-corrected chi connectivity index (χ2v) is 3.26. The van der Waals surface area contributed by atoms with Gasteiger partial charge in [-0.3, -0.25) is 4.40 Å². The van der Waals surface area contributed by atoms with E-state index in [9.17, 15) is 9.90 Å². The average molecular weight is 222 g/mol. The maximum Gasteiger partial charge on any atom is 0.356 e. The average Bonchev–Trinajstić information content (AvgIpc) is 2.58. The fourth-order valence-electron chi connectivity index (χ4n) is 1.52.